The zero-order valence-corrected chi connectivity index (χ0v) is 9.92. The lowest BCUT2D eigenvalue weighted by Crippen LogP contribution is -1.86. The standard InChI is InChI=1S/C10H10ClN3OS/c11-7-1-3-8(4-2-7)16-6-10-12-9(5-15)13-14-10/h1-4,15H,5-6H2,(H,12,13,14). The van der Waals surface area contributed by atoms with Crippen LogP contribution in [0.15, 0.2) is 29.2 Å². The van der Waals surface area contributed by atoms with E-state index in [1.54, 1.807) is 11.8 Å². The number of nitrogens with zero attached hydrogens (tertiary/aromatic N) is 2. The number of aromatic nitrogens is 3. The predicted molar refractivity (Wildman–Crippen MR) is 63.3 cm³/mol. The highest BCUT2D eigenvalue weighted by Gasteiger charge is 2.02. The van der Waals surface area contributed by atoms with Gasteiger partial charge in [0.1, 0.15) is 12.4 Å². The number of aliphatic hydroxyl groups excluding tert-OH is 1. The molecule has 2 rings (SSSR count). The summed E-state index contributed by atoms with van der Waals surface area (Å²) in [5.74, 6) is 1.87. The van der Waals surface area contributed by atoms with E-state index in [1.165, 1.54) is 0 Å². The Balaban J connectivity index is 1.94. The molecular formula is C10H10ClN3OS. The Labute approximate surface area is 102 Å². The van der Waals surface area contributed by atoms with Crippen molar-refractivity contribution in [2.45, 2.75) is 17.3 Å². The molecule has 0 saturated carbocycles. The summed E-state index contributed by atoms with van der Waals surface area (Å²) in [6, 6.07) is 7.61. The highest BCUT2D eigenvalue weighted by atomic mass is 35.5. The molecule has 0 spiro atoms. The molecule has 0 bridgehead atoms. The maximum absolute atomic E-state index is 8.80. The van der Waals surface area contributed by atoms with Crippen molar-refractivity contribution in [3.05, 3.63) is 40.9 Å². The summed E-state index contributed by atoms with van der Waals surface area (Å²) in [4.78, 5) is 5.21. The molecule has 0 amide bonds. The van der Waals surface area contributed by atoms with Crippen LogP contribution in [0.25, 0.3) is 0 Å². The fourth-order valence-corrected chi connectivity index (χ4v) is 2.04. The Kier molecular flexibility index (Phi) is 3.82. The van der Waals surface area contributed by atoms with Gasteiger partial charge in [0.25, 0.3) is 0 Å². The quantitative estimate of drug-likeness (QED) is 0.823. The first-order valence-electron chi connectivity index (χ1n) is 4.67. The average Bonchev–Trinajstić information content (AvgIpc) is 2.76. The van der Waals surface area contributed by atoms with Crippen LogP contribution in [0.3, 0.4) is 0 Å². The zero-order chi connectivity index (χ0) is 11.4. The highest BCUT2D eigenvalue weighted by molar-refractivity contribution is 7.98. The Morgan fingerprint density at radius 3 is 2.69 bits per heavy atom. The molecule has 0 atom stereocenters. The van der Waals surface area contributed by atoms with Crippen molar-refractivity contribution in [3.8, 4) is 0 Å². The summed E-state index contributed by atoms with van der Waals surface area (Å²) in [7, 11) is 0. The van der Waals surface area contributed by atoms with Crippen molar-refractivity contribution in [3.63, 3.8) is 0 Å². The fraction of sp³-hybridized carbons (Fsp3) is 0.200. The van der Waals surface area contributed by atoms with Crippen LogP contribution < -0.4 is 0 Å². The first kappa shape index (κ1) is 11.4. The van der Waals surface area contributed by atoms with Crippen molar-refractivity contribution in [1.29, 1.82) is 0 Å². The molecule has 0 radical (unpaired) electrons. The van der Waals surface area contributed by atoms with E-state index in [0.29, 0.717) is 11.6 Å². The van der Waals surface area contributed by atoms with Gasteiger partial charge in [0.05, 0.1) is 5.75 Å². The maximum atomic E-state index is 8.80. The summed E-state index contributed by atoms with van der Waals surface area (Å²) in [5, 5.41) is 16.1. The topological polar surface area (TPSA) is 61.8 Å². The zero-order valence-electron chi connectivity index (χ0n) is 8.35. The van der Waals surface area contributed by atoms with Gasteiger partial charge in [0, 0.05) is 9.92 Å². The first-order valence-corrected chi connectivity index (χ1v) is 6.03. The molecule has 1 heterocycles. The van der Waals surface area contributed by atoms with E-state index in [4.69, 9.17) is 16.7 Å². The van der Waals surface area contributed by atoms with Gasteiger partial charge in [0.2, 0.25) is 0 Å². The molecule has 6 heteroatoms. The van der Waals surface area contributed by atoms with Crippen molar-refractivity contribution >= 4 is 23.4 Å². The molecule has 4 nitrogen and oxygen atoms in total. The number of H-pyrrole nitrogens is 1. The number of hydrogen-bond acceptors (Lipinski definition) is 4. The van der Waals surface area contributed by atoms with Gasteiger partial charge in [-0.05, 0) is 24.3 Å². The van der Waals surface area contributed by atoms with Crippen molar-refractivity contribution < 1.29 is 5.11 Å². The van der Waals surface area contributed by atoms with Crippen molar-refractivity contribution in [1.82, 2.24) is 15.2 Å². The lowest BCUT2D eigenvalue weighted by Gasteiger charge is -1.98. The van der Waals surface area contributed by atoms with Crippen LogP contribution in [0.2, 0.25) is 5.02 Å². The van der Waals surface area contributed by atoms with Gasteiger partial charge in [-0.3, -0.25) is 5.10 Å². The third-order valence-electron chi connectivity index (χ3n) is 1.91. The first-order chi connectivity index (χ1) is 7.78. The van der Waals surface area contributed by atoms with E-state index in [-0.39, 0.29) is 6.61 Å². The second kappa shape index (κ2) is 5.34. The summed E-state index contributed by atoms with van der Waals surface area (Å²) < 4.78 is 0. The highest BCUT2D eigenvalue weighted by Crippen LogP contribution is 2.22. The minimum Gasteiger partial charge on any atom is -0.388 e. The average molecular weight is 256 g/mol. The third-order valence-corrected chi connectivity index (χ3v) is 3.18. The van der Waals surface area contributed by atoms with Gasteiger partial charge in [0.15, 0.2) is 5.82 Å². The van der Waals surface area contributed by atoms with Crippen LogP contribution in [0.5, 0.6) is 0 Å². The van der Waals surface area contributed by atoms with Crippen molar-refractivity contribution in [2.24, 2.45) is 0 Å². The van der Waals surface area contributed by atoms with Crippen LogP contribution in [-0.4, -0.2) is 20.3 Å². The number of rotatable bonds is 4. The number of halogens is 1. The molecule has 2 N–H and O–H groups in total. The number of aromatic amines is 1. The fourth-order valence-electron chi connectivity index (χ4n) is 1.15. The molecule has 2 aromatic rings. The van der Waals surface area contributed by atoms with Gasteiger partial charge in [-0.1, -0.05) is 11.6 Å². The van der Waals surface area contributed by atoms with Gasteiger partial charge in [-0.25, -0.2) is 4.98 Å². The lowest BCUT2D eigenvalue weighted by atomic mass is 10.4. The minimum absolute atomic E-state index is 0.137. The van der Waals surface area contributed by atoms with Crippen LogP contribution in [0.1, 0.15) is 11.6 Å². The SMILES string of the molecule is OCc1n[nH]c(CSc2ccc(Cl)cc2)n1. The number of aliphatic hydroxyl groups is 1. The Morgan fingerprint density at radius 2 is 2.06 bits per heavy atom. The van der Waals surface area contributed by atoms with E-state index in [9.17, 15) is 0 Å². The van der Waals surface area contributed by atoms with Crippen LogP contribution in [-0.2, 0) is 12.4 Å². The molecule has 0 aliphatic rings. The van der Waals surface area contributed by atoms with E-state index in [1.807, 2.05) is 24.3 Å². The van der Waals surface area contributed by atoms with Crippen LogP contribution in [0, 0.1) is 0 Å². The summed E-state index contributed by atoms with van der Waals surface area (Å²) >= 11 is 7.42. The maximum Gasteiger partial charge on any atom is 0.176 e. The molecule has 84 valence electrons. The second-order valence-electron chi connectivity index (χ2n) is 3.10. The van der Waals surface area contributed by atoms with Crippen LogP contribution in [0.4, 0.5) is 0 Å². The van der Waals surface area contributed by atoms with E-state index in [0.717, 1.165) is 15.7 Å². The smallest absolute Gasteiger partial charge is 0.176 e. The second-order valence-corrected chi connectivity index (χ2v) is 4.58. The molecule has 0 fully saturated rings. The van der Waals surface area contributed by atoms with Crippen molar-refractivity contribution in [2.75, 3.05) is 0 Å². The van der Waals surface area contributed by atoms with Crippen LogP contribution >= 0.6 is 23.4 Å². The van der Waals surface area contributed by atoms with Gasteiger partial charge >= 0.3 is 0 Å². The normalized spacial score (nSPS) is 10.6. The van der Waals surface area contributed by atoms with E-state index >= 15 is 0 Å². The Bertz CT molecular complexity index is 457. The Morgan fingerprint density at radius 1 is 1.31 bits per heavy atom. The van der Waals surface area contributed by atoms with E-state index < -0.39 is 0 Å². The number of thioether (sulfide) groups is 1. The van der Waals surface area contributed by atoms with Gasteiger partial charge < -0.3 is 5.11 Å². The molecule has 0 aliphatic carbocycles. The molecular weight excluding hydrogens is 246 g/mol. The summed E-state index contributed by atoms with van der Waals surface area (Å²) in [6.07, 6.45) is 0. The molecule has 1 aromatic carbocycles. The van der Waals surface area contributed by atoms with E-state index in [2.05, 4.69) is 15.2 Å². The molecule has 1 aromatic heterocycles. The lowest BCUT2D eigenvalue weighted by molar-refractivity contribution is 0.272. The Hall–Kier alpha value is -1.04. The minimum atomic E-state index is -0.137. The molecule has 0 saturated heterocycles. The number of benzene rings is 1. The number of nitrogens with one attached hydrogen (secondary N) is 1. The third kappa shape index (κ3) is 2.98. The summed E-state index contributed by atoms with van der Waals surface area (Å²) in [6.45, 7) is -0.137. The number of hydrogen-bond donors (Lipinski definition) is 2. The monoisotopic (exact) mass is 255 g/mol. The molecule has 16 heavy (non-hydrogen) atoms. The largest absolute Gasteiger partial charge is 0.388 e. The van der Waals surface area contributed by atoms with Gasteiger partial charge in [-0.2, -0.15) is 5.10 Å². The summed E-state index contributed by atoms with van der Waals surface area (Å²) in [5.41, 5.74) is 0. The predicted octanol–water partition coefficient (Wildman–Crippen LogP) is 2.24. The van der Waals surface area contributed by atoms with Gasteiger partial charge in [-0.15, -0.1) is 11.8 Å². The molecule has 0 unspecified atom stereocenters. The molecule has 0 aliphatic heterocycles.